The number of anilines is 1. The Balaban J connectivity index is 2.06. The van der Waals surface area contributed by atoms with Gasteiger partial charge in [-0.2, -0.15) is 0 Å². The summed E-state index contributed by atoms with van der Waals surface area (Å²) in [5.41, 5.74) is 1.18. The first-order chi connectivity index (χ1) is 10.4. The number of sulfonamides is 1. The number of hydrogen-bond donors (Lipinski definition) is 3. The summed E-state index contributed by atoms with van der Waals surface area (Å²) in [5, 5.41) is 3.99. The third kappa shape index (κ3) is 2.47. The van der Waals surface area contributed by atoms with Crippen molar-refractivity contribution < 1.29 is 18.1 Å². The molecule has 2 aromatic rings. The number of rotatable bonds is 5. The minimum Gasteiger partial charge on any atom is -0.339 e. The van der Waals surface area contributed by atoms with Crippen molar-refractivity contribution in [1.82, 2.24) is 4.72 Å². The van der Waals surface area contributed by atoms with Crippen molar-refractivity contribution in [3.05, 3.63) is 35.9 Å². The monoisotopic (exact) mass is 320 g/mol. The van der Waals surface area contributed by atoms with Crippen molar-refractivity contribution in [1.29, 1.82) is 0 Å². The fraction of sp³-hybridized carbons (Fsp3) is 0.267. The highest BCUT2D eigenvalue weighted by Gasteiger charge is 2.26. The Morgan fingerprint density at radius 3 is 2.68 bits per heavy atom. The lowest BCUT2D eigenvalue weighted by molar-refractivity contribution is -0.856. The molecule has 6 nitrogen and oxygen atoms in total. The van der Waals surface area contributed by atoms with Crippen molar-refractivity contribution >= 4 is 32.4 Å². The predicted molar refractivity (Wildman–Crippen MR) is 84.8 cm³/mol. The number of amides is 1. The van der Waals surface area contributed by atoms with Crippen molar-refractivity contribution in [3.63, 3.8) is 0 Å². The first-order valence-electron chi connectivity index (χ1n) is 7.06. The Hall–Kier alpha value is -1.96. The van der Waals surface area contributed by atoms with E-state index in [1.54, 1.807) is 24.3 Å². The van der Waals surface area contributed by atoms with Crippen molar-refractivity contribution in [2.45, 2.75) is 4.90 Å². The lowest BCUT2D eigenvalue weighted by Gasteiger charge is -2.11. The summed E-state index contributed by atoms with van der Waals surface area (Å²) >= 11 is 0. The van der Waals surface area contributed by atoms with Crippen molar-refractivity contribution in [3.8, 4) is 0 Å². The molecule has 1 aliphatic rings. The molecule has 3 N–H and O–H groups in total. The van der Waals surface area contributed by atoms with Gasteiger partial charge in [0.1, 0.15) is 0 Å². The van der Waals surface area contributed by atoms with Crippen LogP contribution < -0.4 is 14.9 Å². The van der Waals surface area contributed by atoms with Gasteiger partial charge in [0, 0.05) is 22.0 Å². The molecule has 1 aliphatic heterocycles. The van der Waals surface area contributed by atoms with E-state index in [0.29, 0.717) is 35.1 Å². The van der Waals surface area contributed by atoms with Crippen LogP contribution in [0.5, 0.6) is 0 Å². The predicted octanol–water partition coefficient (Wildman–Crippen LogP) is -0.172. The molecule has 0 spiro atoms. The third-order valence-corrected chi connectivity index (χ3v) is 5.22. The summed E-state index contributed by atoms with van der Waals surface area (Å²) in [6.07, 6.45) is 0. The van der Waals surface area contributed by atoms with Gasteiger partial charge >= 0.3 is 0 Å². The number of carbonyl (C=O) groups is 1. The van der Waals surface area contributed by atoms with Gasteiger partial charge in [0.15, 0.2) is 0 Å². The Labute approximate surface area is 129 Å². The average molecular weight is 320 g/mol. The molecule has 0 aromatic heterocycles. The summed E-state index contributed by atoms with van der Waals surface area (Å²) in [4.78, 5) is 13.2. The largest absolute Gasteiger partial charge is 0.339 e. The molecule has 0 radical (unpaired) electrons. The maximum atomic E-state index is 12.5. The van der Waals surface area contributed by atoms with Crippen LogP contribution in [0.3, 0.4) is 0 Å². The second kappa shape index (κ2) is 5.35. The fourth-order valence-electron chi connectivity index (χ4n) is 2.61. The number of nitrogens with one attached hydrogen (secondary N) is 3. The fourth-order valence-corrected chi connectivity index (χ4v) is 3.84. The van der Waals surface area contributed by atoms with E-state index in [9.17, 15) is 13.2 Å². The van der Waals surface area contributed by atoms with Gasteiger partial charge in [-0.05, 0) is 18.2 Å². The highest BCUT2D eigenvalue weighted by Crippen LogP contribution is 2.36. The zero-order chi connectivity index (χ0) is 15.9. The topological polar surface area (TPSA) is 79.7 Å². The smallest absolute Gasteiger partial charge is 0.256 e. The molecule has 0 unspecified atom stereocenters. The SMILES string of the molecule is C[NH+](C)CCNS(=O)(=O)c1ccc2c3c(cccc13)C(=O)N2. The lowest BCUT2D eigenvalue weighted by Crippen LogP contribution is -3.06. The lowest BCUT2D eigenvalue weighted by atomic mass is 10.1. The van der Waals surface area contributed by atoms with Crippen LogP contribution in [0.2, 0.25) is 0 Å². The standard InChI is InChI=1S/C15H17N3O3S/c1-18(2)9-8-16-22(20,21)13-7-6-12-14-10(13)4-3-5-11(14)15(19)17-12/h3-7,16H,8-9H2,1-2H3,(H,17,19)/p+1. The Morgan fingerprint density at radius 1 is 1.18 bits per heavy atom. The molecule has 7 heteroatoms. The van der Waals surface area contributed by atoms with Gasteiger partial charge in [-0.1, -0.05) is 12.1 Å². The third-order valence-electron chi connectivity index (χ3n) is 3.70. The molecule has 22 heavy (non-hydrogen) atoms. The number of hydrogen-bond acceptors (Lipinski definition) is 3. The van der Waals surface area contributed by atoms with Crippen LogP contribution in [0.1, 0.15) is 10.4 Å². The van der Waals surface area contributed by atoms with E-state index in [-0.39, 0.29) is 10.8 Å². The van der Waals surface area contributed by atoms with Gasteiger partial charge in [0.05, 0.1) is 32.1 Å². The van der Waals surface area contributed by atoms with E-state index in [2.05, 4.69) is 10.0 Å². The van der Waals surface area contributed by atoms with Gasteiger partial charge < -0.3 is 10.2 Å². The number of benzene rings is 2. The van der Waals surface area contributed by atoms with Crippen LogP contribution in [0, 0.1) is 0 Å². The molecule has 1 heterocycles. The van der Waals surface area contributed by atoms with E-state index in [4.69, 9.17) is 0 Å². The summed E-state index contributed by atoms with van der Waals surface area (Å²) in [5.74, 6) is -0.195. The van der Waals surface area contributed by atoms with Crippen LogP contribution in [0.15, 0.2) is 35.2 Å². The Morgan fingerprint density at radius 2 is 1.95 bits per heavy atom. The molecule has 0 fully saturated rings. The summed E-state index contributed by atoms with van der Waals surface area (Å²) in [7, 11) is 0.318. The van der Waals surface area contributed by atoms with E-state index < -0.39 is 10.0 Å². The Kier molecular flexibility index (Phi) is 3.64. The van der Waals surface area contributed by atoms with Crippen LogP contribution >= 0.6 is 0 Å². The summed E-state index contributed by atoms with van der Waals surface area (Å²) in [6.45, 7) is 1.06. The zero-order valence-corrected chi connectivity index (χ0v) is 13.3. The van der Waals surface area contributed by atoms with Gasteiger partial charge in [-0.3, -0.25) is 4.79 Å². The average Bonchev–Trinajstić information content (AvgIpc) is 2.77. The molecule has 3 rings (SSSR count). The normalized spacial score (nSPS) is 13.9. The van der Waals surface area contributed by atoms with Gasteiger partial charge in [0.2, 0.25) is 10.0 Å². The maximum Gasteiger partial charge on any atom is 0.256 e. The van der Waals surface area contributed by atoms with Crippen molar-refractivity contribution in [2.24, 2.45) is 0 Å². The zero-order valence-electron chi connectivity index (χ0n) is 12.4. The van der Waals surface area contributed by atoms with Gasteiger partial charge in [-0.25, -0.2) is 13.1 Å². The molecule has 116 valence electrons. The first-order valence-corrected chi connectivity index (χ1v) is 8.54. The summed E-state index contributed by atoms with van der Waals surface area (Å²) < 4.78 is 27.7. The molecule has 0 atom stereocenters. The Bertz CT molecular complexity index is 860. The van der Waals surface area contributed by atoms with Crippen molar-refractivity contribution in [2.75, 3.05) is 32.5 Å². The van der Waals surface area contributed by atoms with E-state index >= 15 is 0 Å². The minimum absolute atomic E-state index is 0.195. The number of likely N-dealkylation sites (N-methyl/N-ethyl adjacent to an activating group) is 1. The molecular formula is C15H18N3O3S+. The van der Waals surface area contributed by atoms with Crippen LogP contribution in [-0.2, 0) is 10.0 Å². The van der Waals surface area contributed by atoms with Crippen LogP contribution in [0.25, 0.3) is 10.8 Å². The van der Waals surface area contributed by atoms with Crippen LogP contribution in [-0.4, -0.2) is 41.5 Å². The number of carbonyl (C=O) groups excluding carboxylic acids is 1. The second-order valence-corrected chi connectivity index (χ2v) is 7.38. The minimum atomic E-state index is -3.61. The first kappa shape index (κ1) is 15.0. The molecule has 0 aliphatic carbocycles. The highest BCUT2D eigenvalue weighted by atomic mass is 32.2. The molecule has 0 bridgehead atoms. The van der Waals surface area contributed by atoms with E-state index in [1.165, 1.54) is 6.07 Å². The number of quaternary nitrogens is 1. The van der Waals surface area contributed by atoms with E-state index in [1.807, 2.05) is 14.1 Å². The van der Waals surface area contributed by atoms with Gasteiger partial charge in [0.25, 0.3) is 5.91 Å². The maximum absolute atomic E-state index is 12.5. The quantitative estimate of drug-likeness (QED) is 0.715. The highest BCUT2D eigenvalue weighted by molar-refractivity contribution is 7.89. The molecule has 2 aromatic carbocycles. The van der Waals surface area contributed by atoms with Crippen LogP contribution in [0.4, 0.5) is 5.69 Å². The van der Waals surface area contributed by atoms with Gasteiger partial charge in [-0.15, -0.1) is 0 Å². The summed E-state index contributed by atoms with van der Waals surface area (Å²) in [6, 6.07) is 8.32. The molecule has 0 saturated carbocycles. The molecule has 1 amide bonds. The van der Waals surface area contributed by atoms with E-state index in [0.717, 1.165) is 4.90 Å². The second-order valence-electron chi connectivity index (χ2n) is 5.65. The molecule has 0 saturated heterocycles. The molecular weight excluding hydrogens is 302 g/mol.